The van der Waals surface area contributed by atoms with Gasteiger partial charge in [0.15, 0.2) is 0 Å². The first-order valence-corrected chi connectivity index (χ1v) is 6.75. The highest BCUT2D eigenvalue weighted by atomic mass is 79.9. The molecule has 1 aromatic rings. The molecule has 1 fully saturated rings. The highest BCUT2D eigenvalue weighted by Crippen LogP contribution is 2.27. The molecule has 94 valence electrons. The molecular weight excluding hydrogens is 282 g/mol. The van der Waals surface area contributed by atoms with Crippen molar-refractivity contribution in [3.05, 3.63) is 28.2 Å². The smallest absolute Gasteiger partial charge is 0.120 e. The number of hydrogen-bond donors (Lipinski definition) is 1. The van der Waals surface area contributed by atoms with E-state index in [1.54, 1.807) is 0 Å². The van der Waals surface area contributed by atoms with Gasteiger partial charge in [-0.25, -0.2) is 0 Å². The quantitative estimate of drug-likeness (QED) is 0.929. The minimum absolute atomic E-state index is 0.0246. The van der Waals surface area contributed by atoms with Gasteiger partial charge in [-0.3, -0.25) is 0 Å². The predicted octanol–water partition coefficient (Wildman–Crippen LogP) is 3.03. The molecule has 1 heterocycles. The zero-order valence-electron chi connectivity index (χ0n) is 9.99. The average molecular weight is 300 g/mol. The maximum atomic E-state index is 5.85. The van der Waals surface area contributed by atoms with E-state index in [0.29, 0.717) is 6.61 Å². The third-order valence-electron chi connectivity index (χ3n) is 2.92. The molecule has 3 nitrogen and oxygen atoms in total. The summed E-state index contributed by atoms with van der Waals surface area (Å²) in [5.41, 5.74) is 6.94. The average Bonchev–Trinajstić information content (AvgIpc) is 2.78. The van der Waals surface area contributed by atoms with E-state index in [0.717, 1.165) is 35.2 Å². The van der Waals surface area contributed by atoms with Crippen molar-refractivity contribution in [2.75, 3.05) is 13.2 Å². The Morgan fingerprint density at radius 3 is 3.00 bits per heavy atom. The van der Waals surface area contributed by atoms with Gasteiger partial charge in [0.1, 0.15) is 12.4 Å². The second-order valence-electron chi connectivity index (χ2n) is 4.42. The number of rotatable bonds is 4. The Labute approximate surface area is 110 Å². The molecule has 0 saturated carbocycles. The van der Waals surface area contributed by atoms with E-state index in [-0.39, 0.29) is 12.1 Å². The van der Waals surface area contributed by atoms with Crippen LogP contribution in [0.25, 0.3) is 0 Å². The first-order valence-electron chi connectivity index (χ1n) is 5.96. The van der Waals surface area contributed by atoms with Gasteiger partial charge in [0.2, 0.25) is 0 Å². The van der Waals surface area contributed by atoms with Crippen LogP contribution in [0.2, 0.25) is 0 Å². The summed E-state index contributed by atoms with van der Waals surface area (Å²) in [5, 5.41) is 0. The minimum atomic E-state index is 0.0246. The molecule has 2 atom stereocenters. The van der Waals surface area contributed by atoms with Crippen LogP contribution in [0, 0.1) is 0 Å². The molecule has 2 N–H and O–H groups in total. The van der Waals surface area contributed by atoms with Crippen LogP contribution < -0.4 is 10.5 Å². The lowest BCUT2D eigenvalue weighted by Gasteiger charge is -2.14. The first kappa shape index (κ1) is 12.9. The molecule has 0 aliphatic carbocycles. The summed E-state index contributed by atoms with van der Waals surface area (Å²) in [5.74, 6) is 0.858. The van der Waals surface area contributed by atoms with E-state index >= 15 is 0 Å². The van der Waals surface area contributed by atoms with Crippen LogP contribution in [0.15, 0.2) is 22.7 Å². The van der Waals surface area contributed by atoms with Crippen molar-refractivity contribution in [3.63, 3.8) is 0 Å². The Balaban J connectivity index is 1.94. The molecule has 0 amide bonds. The lowest BCUT2D eigenvalue weighted by atomic mass is 10.1. The van der Waals surface area contributed by atoms with Gasteiger partial charge in [0, 0.05) is 17.1 Å². The third kappa shape index (κ3) is 3.44. The second kappa shape index (κ2) is 5.85. The van der Waals surface area contributed by atoms with Crippen LogP contribution in [0.3, 0.4) is 0 Å². The molecule has 0 spiro atoms. The van der Waals surface area contributed by atoms with Crippen LogP contribution in [0.1, 0.15) is 31.4 Å². The minimum Gasteiger partial charge on any atom is -0.491 e. The van der Waals surface area contributed by atoms with Crippen LogP contribution >= 0.6 is 15.9 Å². The Morgan fingerprint density at radius 1 is 1.59 bits per heavy atom. The molecule has 2 unspecified atom stereocenters. The molecule has 2 rings (SSSR count). The second-order valence-corrected chi connectivity index (χ2v) is 5.27. The summed E-state index contributed by atoms with van der Waals surface area (Å²) in [7, 11) is 0. The molecule has 0 radical (unpaired) electrons. The molecule has 0 aromatic heterocycles. The maximum absolute atomic E-state index is 5.85. The lowest BCUT2D eigenvalue weighted by Crippen LogP contribution is -2.16. The molecule has 17 heavy (non-hydrogen) atoms. The fourth-order valence-electron chi connectivity index (χ4n) is 1.93. The molecule has 1 aromatic carbocycles. The predicted molar refractivity (Wildman–Crippen MR) is 71.2 cm³/mol. The summed E-state index contributed by atoms with van der Waals surface area (Å²) in [6, 6.07) is 5.95. The highest BCUT2D eigenvalue weighted by Gasteiger charge is 2.16. The Kier molecular flexibility index (Phi) is 4.42. The standard InChI is InChI=1S/C13H18BrNO2/c1-9(15)12-5-4-10(7-13(12)14)17-8-11-3-2-6-16-11/h4-5,7,9,11H,2-3,6,8,15H2,1H3. The summed E-state index contributed by atoms with van der Waals surface area (Å²) in [6.07, 6.45) is 2.49. The fraction of sp³-hybridized carbons (Fsp3) is 0.538. The van der Waals surface area contributed by atoms with Crippen molar-refractivity contribution >= 4 is 15.9 Å². The number of ether oxygens (including phenoxy) is 2. The van der Waals surface area contributed by atoms with E-state index in [2.05, 4.69) is 15.9 Å². The summed E-state index contributed by atoms with van der Waals surface area (Å²) < 4.78 is 12.2. The van der Waals surface area contributed by atoms with Crippen molar-refractivity contribution in [1.82, 2.24) is 0 Å². The van der Waals surface area contributed by atoms with E-state index < -0.39 is 0 Å². The van der Waals surface area contributed by atoms with Gasteiger partial charge in [0.25, 0.3) is 0 Å². The van der Waals surface area contributed by atoms with Crippen LogP contribution in [-0.2, 0) is 4.74 Å². The first-order chi connectivity index (χ1) is 8.16. The number of halogens is 1. The Hall–Kier alpha value is -0.580. The van der Waals surface area contributed by atoms with Gasteiger partial charge in [-0.15, -0.1) is 0 Å². The van der Waals surface area contributed by atoms with E-state index in [9.17, 15) is 0 Å². The van der Waals surface area contributed by atoms with Gasteiger partial charge in [0.05, 0.1) is 6.10 Å². The Bertz CT molecular complexity index is 376. The van der Waals surface area contributed by atoms with Crippen molar-refractivity contribution in [2.45, 2.75) is 31.9 Å². The van der Waals surface area contributed by atoms with Crippen molar-refractivity contribution in [3.8, 4) is 5.75 Å². The van der Waals surface area contributed by atoms with Gasteiger partial charge in [-0.1, -0.05) is 22.0 Å². The van der Waals surface area contributed by atoms with Crippen LogP contribution in [0.4, 0.5) is 0 Å². The SMILES string of the molecule is CC(N)c1ccc(OCC2CCCO2)cc1Br. The van der Waals surface area contributed by atoms with Crippen molar-refractivity contribution in [1.29, 1.82) is 0 Å². The van der Waals surface area contributed by atoms with Crippen LogP contribution in [-0.4, -0.2) is 19.3 Å². The number of benzene rings is 1. The molecule has 1 saturated heterocycles. The normalized spacial score (nSPS) is 21.5. The molecular formula is C13H18BrNO2. The molecule has 0 bridgehead atoms. The summed E-state index contributed by atoms with van der Waals surface area (Å²) in [6.45, 7) is 3.46. The molecule has 1 aliphatic rings. The van der Waals surface area contributed by atoms with Crippen molar-refractivity contribution < 1.29 is 9.47 Å². The zero-order chi connectivity index (χ0) is 12.3. The monoisotopic (exact) mass is 299 g/mol. The maximum Gasteiger partial charge on any atom is 0.120 e. The highest BCUT2D eigenvalue weighted by molar-refractivity contribution is 9.10. The Morgan fingerprint density at radius 2 is 2.41 bits per heavy atom. The summed E-state index contributed by atoms with van der Waals surface area (Å²) >= 11 is 3.51. The van der Waals surface area contributed by atoms with Crippen molar-refractivity contribution in [2.24, 2.45) is 5.73 Å². The molecule has 1 aliphatic heterocycles. The van der Waals surface area contributed by atoms with E-state index in [1.165, 1.54) is 0 Å². The van der Waals surface area contributed by atoms with Gasteiger partial charge in [-0.05, 0) is 37.5 Å². The fourth-order valence-corrected chi connectivity index (χ4v) is 2.65. The van der Waals surface area contributed by atoms with E-state index in [4.69, 9.17) is 15.2 Å². The lowest BCUT2D eigenvalue weighted by molar-refractivity contribution is 0.0679. The topological polar surface area (TPSA) is 44.5 Å². The zero-order valence-corrected chi connectivity index (χ0v) is 11.6. The van der Waals surface area contributed by atoms with E-state index in [1.807, 2.05) is 25.1 Å². The third-order valence-corrected chi connectivity index (χ3v) is 3.61. The summed E-state index contributed by atoms with van der Waals surface area (Å²) in [4.78, 5) is 0. The number of hydrogen-bond acceptors (Lipinski definition) is 3. The van der Waals surface area contributed by atoms with Gasteiger partial charge < -0.3 is 15.2 Å². The van der Waals surface area contributed by atoms with Gasteiger partial charge >= 0.3 is 0 Å². The van der Waals surface area contributed by atoms with Crippen LogP contribution in [0.5, 0.6) is 5.75 Å². The largest absolute Gasteiger partial charge is 0.491 e. The number of nitrogens with two attached hydrogens (primary N) is 1. The van der Waals surface area contributed by atoms with Gasteiger partial charge in [-0.2, -0.15) is 0 Å². The molecule has 4 heteroatoms.